The Labute approximate surface area is 314 Å². The lowest BCUT2D eigenvalue weighted by molar-refractivity contribution is -0.0354. The molecule has 51 heavy (non-hydrogen) atoms. The maximum absolute atomic E-state index is 6.60. The van der Waals surface area contributed by atoms with Gasteiger partial charge in [0.15, 0.2) is 0 Å². The first-order valence-corrected chi connectivity index (χ1v) is 20.6. The van der Waals surface area contributed by atoms with Crippen molar-refractivity contribution in [2.24, 2.45) is 0 Å². The summed E-state index contributed by atoms with van der Waals surface area (Å²) in [6, 6.07) is 35.3. The van der Waals surface area contributed by atoms with Crippen LogP contribution in [0.25, 0.3) is 11.1 Å². The van der Waals surface area contributed by atoms with Crippen molar-refractivity contribution in [1.29, 1.82) is 0 Å². The zero-order valence-electron chi connectivity index (χ0n) is 31.6. The van der Waals surface area contributed by atoms with Crippen LogP contribution in [-0.4, -0.2) is 57.6 Å². The van der Waals surface area contributed by atoms with Crippen LogP contribution in [0, 0.1) is 0 Å². The van der Waals surface area contributed by atoms with E-state index < -0.39 is 5.41 Å². The highest BCUT2D eigenvalue weighted by atomic mass is 32.2. The summed E-state index contributed by atoms with van der Waals surface area (Å²) < 4.78 is 25.8. The minimum Gasteiger partial charge on any atom is -0.488 e. The third-order valence-corrected chi connectivity index (χ3v) is 13.4. The average Bonchev–Trinajstić information content (AvgIpc) is 4.00. The Kier molecular flexibility index (Phi) is 9.88. The average molecular weight is 723 g/mol. The van der Waals surface area contributed by atoms with Crippen molar-refractivity contribution in [2.45, 2.75) is 107 Å². The highest BCUT2D eigenvalue weighted by molar-refractivity contribution is 8.07. The lowest BCUT2D eigenvalue weighted by Gasteiger charge is -2.35. The Morgan fingerprint density at radius 3 is 1.24 bits per heavy atom. The second-order valence-electron chi connectivity index (χ2n) is 16.7. The molecule has 4 aromatic carbocycles. The van der Waals surface area contributed by atoms with Gasteiger partial charge in [-0.25, -0.2) is 0 Å². The summed E-state index contributed by atoms with van der Waals surface area (Å²) in [6.45, 7) is 18.8. The summed E-state index contributed by atoms with van der Waals surface area (Å²) in [7, 11) is 0. The van der Waals surface area contributed by atoms with Gasteiger partial charge in [0.25, 0.3) is 0 Å². The van der Waals surface area contributed by atoms with Crippen molar-refractivity contribution in [3.8, 4) is 22.6 Å². The minimum absolute atomic E-state index is 0.0913. The van der Waals surface area contributed by atoms with Crippen LogP contribution in [-0.2, 0) is 14.9 Å². The molecule has 2 saturated heterocycles. The van der Waals surface area contributed by atoms with E-state index in [1.165, 1.54) is 44.9 Å². The van der Waals surface area contributed by atoms with Crippen molar-refractivity contribution in [1.82, 2.24) is 0 Å². The minimum atomic E-state index is -0.490. The maximum Gasteiger partial charge on any atom is 0.120 e. The summed E-state index contributed by atoms with van der Waals surface area (Å²) in [4.78, 5) is 0. The molecule has 2 unspecified atom stereocenters. The largest absolute Gasteiger partial charge is 0.488 e. The Balaban J connectivity index is 1.14. The molecule has 2 fully saturated rings. The molecule has 2 atom stereocenters. The Morgan fingerprint density at radius 1 is 0.529 bits per heavy atom. The van der Waals surface area contributed by atoms with Gasteiger partial charge in [0.1, 0.15) is 22.7 Å². The third-order valence-electron chi connectivity index (χ3n) is 10.9. The molecule has 2 heterocycles. The van der Waals surface area contributed by atoms with Gasteiger partial charge < -0.3 is 18.9 Å². The Hall–Kier alpha value is -2.90. The summed E-state index contributed by atoms with van der Waals surface area (Å²) in [6.07, 6.45) is 1.63. The first-order chi connectivity index (χ1) is 24.2. The Morgan fingerprint density at radius 2 is 0.882 bits per heavy atom. The van der Waals surface area contributed by atoms with E-state index in [0.29, 0.717) is 23.7 Å². The van der Waals surface area contributed by atoms with E-state index in [1.807, 2.05) is 23.5 Å². The molecule has 7 rings (SSSR count). The smallest absolute Gasteiger partial charge is 0.120 e. The maximum atomic E-state index is 6.60. The van der Waals surface area contributed by atoms with Crippen LogP contribution in [0.3, 0.4) is 0 Å². The molecule has 0 saturated carbocycles. The molecule has 0 bridgehead atoms. The molecular formula is C45H54O4S2. The van der Waals surface area contributed by atoms with Crippen LogP contribution in [0.5, 0.6) is 11.5 Å². The van der Waals surface area contributed by atoms with Crippen molar-refractivity contribution < 1.29 is 18.9 Å². The zero-order valence-corrected chi connectivity index (χ0v) is 33.2. The number of ether oxygens (including phenoxy) is 4. The first-order valence-electron chi connectivity index (χ1n) is 18.5. The van der Waals surface area contributed by atoms with E-state index in [-0.39, 0.29) is 22.4 Å². The molecular weight excluding hydrogens is 669 g/mol. The fraction of sp³-hybridized carbons (Fsp3) is 0.467. The van der Waals surface area contributed by atoms with Crippen molar-refractivity contribution in [3.63, 3.8) is 0 Å². The lowest BCUT2D eigenvalue weighted by Crippen LogP contribution is -2.35. The van der Waals surface area contributed by atoms with Crippen molar-refractivity contribution in [2.75, 3.05) is 24.7 Å². The van der Waals surface area contributed by atoms with Crippen LogP contribution in [0.1, 0.15) is 90.5 Å². The molecule has 3 aliphatic rings. The molecule has 4 aromatic rings. The molecule has 2 aliphatic heterocycles. The molecule has 0 N–H and O–H groups in total. The third kappa shape index (κ3) is 7.76. The van der Waals surface area contributed by atoms with Gasteiger partial charge >= 0.3 is 0 Å². The van der Waals surface area contributed by atoms with Crippen molar-refractivity contribution >= 4 is 23.5 Å². The van der Waals surface area contributed by atoms with Crippen LogP contribution in [0.2, 0.25) is 0 Å². The fourth-order valence-electron chi connectivity index (χ4n) is 7.51. The molecule has 6 heteroatoms. The normalized spacial score (nSPS) is 19.3. The van der Waals surface area contributed by atoms with Gasteiger partial charge in [0.2, 0.25) is 0 Å². The van der Waals surface area contributed by atoms with E-state index in [9.17, 15) is 0 Å². The number of rotatable bonds is 16. The topological polar surface area (TPSA) is 36.9 Å². The van der Waals surface area contributed by atoms with Crippen molar-refractivity contribution in [3.05, 3.63) is 119 Å². The first kappa shape index (κ1) is 36.5. The second-order valence-corrected chi connectivity index (χ2v) is 19.1. The van der Waals surface area contributed by atoms with Crippen LogP contribution >= 0.6 is 23.5 Å². The van der Waals surface area contributed by atoms with Gasteiger partial charge in [0.05, 0.1) is 29.8 Å². The van der Waals surface area contributed by atoms with Gasteiger partial charge in [-0.3, -0.25) is 0 Å². The number of fused-ring (bicyclic) bond motifs is 3. The SMILES string of the molecule is CC(C)(CCOC(C)(C)C1CS1)Oc1ccc(C2(c3ccc(OC(C)(C)CCOC(C)(C)C4CS4)cc3)c3ccccc3-c3ccccc32)cc1. The predicted octanol–water partition coefficient (Wildman–Crippen LogP) is 11.0. The van der Waals surface area contributed by atoms with Gasteiger partial charge in [-0.05, 0) is 113 Å². The molecule has 0 spiro atoms. The monoisotopic (exact) mass is 722 g/mol. The van der Waals surface area contributed by atoms with E-state index in [2.05, 4.69) is 152 Å². The number of benzene rings is 4. The van der Waals surface area contributed by atoms with Crippen LogP contribution < -0.4 is 9.47 Å². The van der Waals surface area contributed by atoms with E-state index in [1.54, 1.807) is 0 Å². The summed E-state index contributed by atoms with van der Waals surface area (Å²) >= 11 is 3.96. The highest BCUT2D eigenvalue weighted by Gasteiger charge is 2.46. The number of thioether (sulfide) groups is 2. The lowest BCUT2D eigenvalue weighted by atomic mass is 9.67. The molecule has 270 valence electrons. The quantitative estimate of drug-likeness (QED) is 0.0944. The van der Waals surface area contributed by atoms with Gasteiger partial charge in [0, 0.05) is 34.8 Å². The number of hydrogen-bond donors (Lipinski definition) is 0. The Bertz CT molecular complexity index is 1680. The number of hydrogen-bond acceptors (Lipinski definition) is 6. The van der Waals surface area contributed by atoms with Gasteiger partial charge in [-0.2, -0.15) is 23.5 Å². The molecule has 0 amide bonds. The van der Waals surface area contributed by atoms with Gasteiger partial charge in [-0.1, -0.05) is 72.8 Å². The van der Waals surface area contributed by atoms with E-state index >= 15 is 0 Å². The molecule has 1 aliphatic carbocycles. The summed E-state index contributed by atoms with van der Waals surface area (Å²) in [5.74, 6) is 4.12. The zero-order chi connectivity index (χ0) is 36.1. The van der Waals surface area contributed by atoms with Gasteiger partial charge in [-0.15, -0.1) is 0 Å². The fourth-order valence-corrected chi connectivity index (χ4v) is 9.45. The van der Waals surface area contributed by atoms with E-state index in [0.717, 1.165) is 24.3 Å². The van der Waals surface area contributed by atoms with E-state index in [4.69, 9.17) is 18.9 Å². The molecule has 0 radical (unpaired) electrons. The second kappa shape index (κ2) is 13.8. The summed E-state index contributed by atoms with van der Waals surface area (Å²) in [5.41, 5.74) is 6.15. The van der Waals surface area contributed by atoms with Crippen LogP contribution in [0.4, 0.5) is 0 Å². The molecule has 4 nitrogen and oxygen atoms in total. The molecule has 0 aromatic heterocycles. The van der Waals surface area contributed by atoms with Crippen LogP contribution in [0.15, 0.2) is 97.1 Å². The standard InChI is InChI=1S/C45H54O4S2/c1-41(2,25-27-46-43(5,6)39-29-50-39)48-33-21-17-31(18-22-33)45(37-15-11-9-13-35(37)36-14-10-12-16-38(36)45)32-19-23-34(24-20-32)49-42(3,4)26-28-47-44(7,8)40-30-51-40/h9-24,39-40H,25-30H2,1-8H3. The predicted molar refractivity (Wildman–Crippen MR) is 215 cm³/mol. The highest BCUT2D eigenvalue weighted by Crippen LogP contribution is 2.56. The summed E-state index contributed by atoms with van der Waals surface area (Å²) in [5, 5.41) is 1.22.